The SMILES string of the molecule is COc1ccc(-c2nnc(NC(=O)[C@H](C)Oc3ccccc3Cl)s2)cc1. The van der Waals surface area contributed by atoms with Crippen LogP contribution in [-0.2, 0) is 4.79 Å². The highest BCUT2D eigenvalue weighted by atomic mass is 35.5. The number of para-hydroxylation sites is 1. The summed E-state index contributed by atoms with van der Waals surface area (Å²) in [5, 5.41) is 12.4. The van der Waals surface area contributed by atoms with Crippen LogP contribution >= 0.6 is 22.9 Å². The normalized spacial score (nSPS) is 11.7. The van der Waals surface area contributed by atoms with Crippen molar-refractivity contribution in [3.8, 4) is 22.1 Å². The number of amides is 1. The van der Waals surface area contributed by atoms with Crippen LogP contribution in [0.1, 0.15) is 6.92 Å². The molecule has 0 aliphatic heterocycles. The first-order chi connectivity index (χ1) is 12.6. The fourth-order valence-electron chi connectivity index (χ4n) is 2.12. The second kappa shape index (κ2) is 8.16. The zero-order chi connectivity index (χ0) is 18.5. The third-order valence-electron chi connectivity index (χ3n) is 3.50. The van der Waals surface area contributed by atoms with E-state index in [1.165, 1.54) is 11.3 Å². The topological polar surface area (TPSA) is 73.3 Å². The summed E-state index contributed by atoms with van der Waals surface area (Å²) in [6, 6.07) is 14.4. The molecule has 8 heteroatoms. The van der Waals surface area contributed by atoms with Gasteiger partial charge in [0.1, 0.15) is 16.5 Å². The number of methoxy groups -OCH3 is 1. The van der Waals surface area contributed by atoms with Gasteiger partial charge in [0.2, 0.25) is 5.13 Å². The Hall–Kier alpha value is -2.64. The summed E-state index contributed by atoms with van der Waals surface area (Å²) in [4.78, 5) is 12.3. The molecule has 26 heavy (non-hydrogen) atoms. The van der Waals surface area contributed by atoms with Gasteiger partial charge in [-0.25, -0.2) is 0 Å². The zero-order valence-electron chi connectivity index (χ0n) is 14.1. The molecule has 0 aliphatic rings. The lowest BCUT2D eigenvalue weighted by atomic mass is 10.2. The molecule has 0 saturated carbocycles. The van der Waals surface area contributed by atoms with Gasteiger partial charge in [0.25, 0.3) is 5.91 Å². The zero-order valence-corrected chi connectivity index (χ0v) is 15.7. The van der Waals surface area contributed by atoms with Crippen LogP contribution in [0.5, 0.6) is 11.5 Å². The van der Waals surface area contributed by atoms with Crippen molar-refractivity contribution < 1.29 is 14.3 Å². The maximum atomic E-state index is 12.3. The van der Waals surface area contributed by atoms with Crippen LogP contribution in [-0.4, -0.2) is 29.3 Å². The lowest BCUT2D eigenvalue weighted by Crippen LogP contribution is -2.30. The van der Waals surface area contributed by atoms with Gasteiger partial charge in [-0.1, -0.05) is 35.1 Å². The molecule has 1 aromatic heterocycles. The average molecular weight is 390 g/mol. The Morgan fingerprint density at radius 1 is 1.15 bits per heavy atom. The van der Waals surface area contributed by atoms with Crippen molar-refractivity contribution in [2.45, 2.75) is 13.0 Å². The van der Waals surface area contributed by atoms with Crippen molar-refractivity contribution in [1.29, 1.82) is 0 Å². The number of rotatable bonds is 6. The molecule has 3 rings (SSSR count). The molecule has 2 aromatic carbocycles. The van der Waals surface area contributed by atoms with E-state index >= 15 is 0 Å². The minimum absolute atomic E-state index is 0.331. The number of hydrogen-bond acceptors (Lipinski definition) is 6. The number of anilines is 1. The van der Waals surface area contributed by atoms with E-state index in [1.807, 2.05) is 24.3 Å². The smallest absolute Gasteiger partial charge is 0.266 e. The van der Waals surface area contributed by atoms with E-state index < -0.39 is 6.10 Å². The highest BCUT2D eigenvalue weighted by Gasteiger charge is 2.18. The Bertz CT molecular complexity index is 899. The van der Waals surface area contributed by atoms with Gasteiger partial charge < -0.3 is 9.47 Å². The standard InChI is InChI=1S/C18H16ClN3O3S/c1-11(25-15-6-4-3-5-14(15)19)16(23)20-18-22-21-17(26-18)12-7-9-13(24-2)10-8-12/h3-11H,1-2H3,(H,20,22,23)/t11-/m0/s1. The van der Waals surface area contributed by atoms with Crippen LogP contribution in [0.4, 0.5) is 5.13 Å². The molecule has 1 heterocycles. The maximum absolute atomic E-state index is 12.3. The Kier molecular flexibility index (Phi) is 5.70. The van der Waals surface area contributed by atoms with Gasteiger partial charge in [0.15, 0.2) is 6.10 Å². The summed E-state index contributed by atoms with van der Waals surface area (Å²) >= 11 is 7.32. The lowest BCUT2D eigenvalue weighted by Gasteiger charge is -2.14. The summed E-state index contributed by atoms with van der Waals surface area (Å²) in [6.45, 7) is 1.64. The second-order valence-electron chi connectivity index (χ2n) is 5.32. The third kappa shape index (κ3) is 4.30. The molecule has 3 aromatic rings. The number of carbonyl (C=O) groups excluding carboxylic acids is 1. The fourth-order valence-corrected chi connectivity index (χ4v) is 3.05. The average Bonchev–Trinajstić information content (AvgIpc) is 3.12. The molecule has 134 valence electrons. The summed E-state index contributed by atoms with van der Waals surface area (Å²) in [5.74, 6) is 0.882. The van der Waals surface area contributed by atoms with Crippen LogP contribution in [0, 0.1) is 0 Å². The summed E-state index contributed by atoms with van der Waals surface area (Å²) < 4.78 is 10.7. The van der Waals surface area contributed by atoms with Crippen LogP contribution in [0.2, 0.25) is 5.02 Å². The number of ether oxygens (including phenoxy) is 2. The minimum atomic E-state index is -0.733. The molecule has 0 unspecified atom stereocenters. The molecule has 0 spiro atoms. The van der Waals surface area contributed by atoms with Crippen LogP contribution in [0.25, 0.3) is 10.6 Å². The fraction of sp³-hybridized carbons (Fsp3) is 0.167. The van der Waals surface area contributed by atoms with E-state index in [1.54, 1.807) is 38.3 Å². The molecule has 1 amide bonds. The van der Waals surface area contributed by atoms with E-state index in [4.69, 9.17) is 21.1 Å². The molecular formula is C18H16ClN3O3S. The van der Waals surface area contributed by atoms with E-state index in [0.717, 1.165) is 11.3 Å². The number of halogens is 1. The minimum Gasteiger partial charge on any atom is -0.497 e. The van der Waals surface area contributed by atoms with Gasteiger partial charge >= 0.3 is 0 Å². The largest absolute Gasteiger partial charge is 0.497 e. The van der Waals surface area contributed by atoms with Crippen molar-refractivity contribution in [2.75, 3.05) is 12.4 Å². The van der Waals surface area contributed by atoms with E-state index in [2.05, 4.69) is 15.5 Å². The first-order valence-electron chi connectivity index (χ1n) is 7.77. The van der Waals surface area contributed by atoms with Gasteiger partial charge in [-0.3, -0.25) is 10.1 Å². The molecule has 0 saturated heterocycles. The Balaban J connectivity index is 1.64. The summed E-state index contributed by atoms with van der Waals surface area (Å²) in [6.07, 6.45) is -0.733. The monoisotopic (exact) mass is 389 g/mol. The highest BCUT2D eigenvalue weighted by Crippen LogP contribution is 2.28. The number of hydrogen-bond donors (Lipinski definition) is 1. The van der Waals surface area contributed by atoms with Gasteiger partial charge in [-0.15, -0.1) is 10.2 Å². The van der Waals surface area contributed by atoms with E-state index in [-0.39, 0.29) is 5.91 Å². The van der Waals surface area contributed by atoms with Crippen molar-refractivity contribution >= 4 is 34.0 Å². The van der Waals surface area contributed by atoms with Crippen molar-refractivity contribution in [1.82, 2.24) is 10.2 Å². The molecule has 6 nitrogen and oxygen atoms in total. The Morgan fingerprint density at radius 3 is 2.58 bits per heavy atom. The molecular weight excluding hydrogens is 374 g/mol. The maximum Gasteiger partial charge on any atom is 0.266 e. The molecule has 1 N–H and O–H groups in total. The van der Waals surface area contributed by atoms with Crippen molar-refractivity contribution in [3.05, 3.63) is 53.6 Å². The lowest BCUT2D eigenvalue weighted by molar-refractivity contribution is -0.122. The Labute approximate surface area is 159 Å². The van der Waals surface area contributed by atoms with Gasteiger partial charge in [0.05, 0.1) is 12.1 Å². The molecule has 0 aliphatic carbocycles. The Morgan fingerprint density at radius 2 is 1.88 bits per heavy atom. The molecule has 1 atom stereocenters. The first kappa shape index (κ1) is 18.2. The van der Waals surface area contributed by atoms with Crippen molar-refractivity contribution in [2.24, 2.45) is 0 Å². The van der Waals surface area contributed by atoms with E-state index in [0.29, 0.717) is 20.9 Å². The third-order valence-corrected chi connectivity index (χ3v) is 4.70. The number of aromatic nitrogens is 2. The van der Waals surface area contributed by atoms with Crippen LogP contribution in [0.15, 0.2) is 48.5 Å². The van der Waals surface area contributed by atoms with Crippen molar-refractivity contribution in [3.63, 3.8) is 0 Å². The molecule has 0 radical (unpaired) electrons. The van der Waals surface area contributed by atoms with Gasteiger partial charge in [0, 0.05) is 5.56 Å². The van der Waals surface area contributed by atoms with Crippen LogP contribution < -0.4 is 14.8 Å². The molecule has 0 fully saturated rings. The number of benzene rings is 2. The van der Waals surface area contributed by atoms with Gasteiger partial charge in [-0.2, -0.15) is 0 Å². The number of nitrogens with zero attached hydrogens (tertiary/aromatic N) is 2. The van der Waals surface area contributed by atoms with E-state index in [9.17, 15) is 4.79 Å². The predicted octanol–water partition coefficient (Wildman–Crippen LogP) is 4.27. The van der Waals surface area contributed by atoms with Gasteiger partial charge in [-0.05, 0) is 43.3 Å². The quantitative estimate of drug-likeness (QED) is 0.681. The number of nitrogens with one attached hydrogen (secondary N) is 1. The van der Waals surface area contributed by atoms with Crippen LogP contribution in [0.3, 0.4) is 0 Å². The number of carbonyl (C=O) groups is 1. The first-order valence-corrected chi connectivity index (χ1v) is 8.96. The predicted molar refractivity (Wildman–Crippen MR) is 102 cm³/mol. The molecule has 0 bridgehead atoms. The second-order valence-corrected chi connectivity index (χ2v) is 6.71. The summed E-state index contributed by atoms with van der Waals surface area (Å²) in [7, 11) is 1.61. The highest BCUT2D eigenvalue weighted by molar-refractivity contribution is 7.18. The summed E-state index contributed by atoms with van der Waals surface area (Å²) in [5.41, 5.74) is 0.893.